The number of benzene rings is 1. The lowest BCUT2D eigenvalue weighted by molar-refractivity contribution is -0.218. The molecule has 1 aromatic heterocycles. The smallest absolute Gasteiger partial charge is 0.418 e. The molecule has 1 aromatic carbocycles. The summed E-state index contributed by atoms with van der Waals surface area (Å²) in [4.78, 5) is 53.0. The van der Waals surface area contributed by atoms with Crippen LogP contribution in [0.3, 0.4) is 0 Å². The number of ether oxygens (including phenoxy) is 1. The molecule has 9 N–H and O–H groups in total. The maximum Gasteiger partial charge on any atom is 0.418 e. The molecule has 0 radical (unpaired) electrons. The molecule has 49 heavy (non-hydrogen) atoms. The average Bonchev–Trinajstić information content (AvgIpc) is 3.46. The molecule has 0 spiro atoms. The Morgan fingerprint density at radius 1 is 1.27 bits per heavy atom. The number of aliphatic carboxylic acids is 1. The lowest BCUT2D eigenvalue weighted by atomic mass is 9.63. The average molecular weight is 723 g/mol. The Morgan fingerprint density at radius 2 is 1.96 bits per heavy atom. The summed E-state index contributed by atoms with van der Waals surface area (Å²) in [6.07, 6.45) is 0.252. The Balaban J connectivity index is 1.35. The first kappa shape index (κ1) is 35.9. The number of nitrogens with two attached hydrogens (primary N) is 3. The number of carboxylic acid groups (broad SMARTS) is 1. The molecule has 18 nitrogen and oxygen atoms in total. The molecule has 3 heterocycles. The molecule has 1 saturated carbocycles. The van der Waals surface area contributed by atoms with Gasteiger partial charge >= 0.3 is 16.4 Å². The number of hydroxylamine groups is 2. The molecule has 2 amide bonds. The van der Waals surface area contributed by atoms with Gasteiger partial charge in [0.15, 0.2) is 16.9 Å². The second-order valence-corrected chi connectivity index (χ2v) is 15.3. The van der Waals surface area contributed by atoms with E-state index in [1.54, 1.807) is 12.1 Å². The van der Waals surface area contributed by atoms with Gasteiger partial charge in [0.1, 0.15) is 23.3 Å². The number of amidine groups is 1. The van der Waals surface area contributed by atoms with Gasteiger partial charge in [-0.25, -0.2) is 9.78 Å². The second kappa shape index (κ2) is 12.5. The van der Waals surface area contributed by atoms with Crippen LogP contribution in [0.2, 0.25) is 0 Å². The fraction of sp³-hybridized carbons (Fsp3) is 0.517. The molecule has 2 aliphatic heterocycles. The van der Waals surface area contributed by atoms with Crippen molar-refractivity contribution in [3.05, 3.63) is 40.4 Å². The van der Waals surface area contributed by atoms with Gasteiger partial charge in [-0.05, 0) is 63.8 Å². The summed E-state index contributed by atoms with van der Waals surface area (Å²) in [5.74, 6) is -2.69. The van der Waals surface area contributed by atoms with E-state index in [1.165, 1.54) is 26.2 Å². The van der Waals surface area contributed by atoms with Crippen molar-refractivity contribution >= 4 is 56.2 Å². The molecule has 3 aliphatic rings. The predicted molar refractivity (Wildman–Crippen MR) is 176 cm³/mol. The highest BCUT2D eigenvalue weighted by Gasteiger charge is 2.58. The third kappa shape index (κ3) is 6.78. The number of aliphatic imine (C=N–C) groups is 1. The molecule has 5 rings (SSSR count). The van der Waals surface area contributed by atoms with Crippen LogP contribution in [0.4, 0.5) is 5.13 Å². The van der Waals surface area contributed by atoms with Crippen LogP contribution >= 0.6 is 11.3 Å². The van der Waals surface area contributed by atoms with Gasteiger partial charge in [-0.15, -0.1) is 15.6 Å². The van der Waals surface area contributed by atoms with Crippen molar-refractivity contribution in [2.24, 2.45) is 27.0 Å². The number of nitrogens with one attached hydrogen (secondary N) is 1. The first-order valence-corrected chi connectivity index (χ1v) is 17.3. The number of carbonyl (C=O) groups is 3. The van der Waals surface area contributed by atoms with Crippen LogP contribution in [-0.4, -0.2) is 92.8 Å². The van der Waals surface area contributed by atoms with E-state index in [9.17, 15) is 27.9 Å². The molecular formula is C29H38N8O10S2. The molecule has 20 heteroatoms. The Hall–Kier alpha value is -4.37. The minimum Gasteiger partial charge on any atom is -0.485 e. The summed E-state index contributed by atoms with van der Waals surface area (Å²) in [6, 6.07) is 3.94. The topological polar surface area (TPSA) is 284 Å². The monoisotopic (exact) mass is 722 g/mol. The number of thiazole rings is 1. The molecule has 1 saturated heterocycles. The number of carbonyl (C=O) groups excluding carboxylic acids is 2. The third-order valence-electron chi connectivity index (χ3n) is 9.35. The van der Waals surface area contributed by atoms with Gasteiger partial charge < -0.3 is 37.2 Å². The number of hydrogen-bond acceptors (Lipinski definition) is 14. The largest absolute Gasteiger partial charge is 0.485 e. The number of aromatic nitrogens is 1. The van der Waals surface area contributed by atoms with Crippen molar-refractivity contribution in [1.29, 1.82) is 0 Å². The SMILES string of the molecule is CC(O/N=C(\C(=O)N[C@@H]1C(=O)N(OS(=O)(=O)O)C1(C)C)c1csc(N)n1)(C(=O)O)[C@H]1CCc2cc(C(N)=N[C@H]3C[C@H](N)C3(C)C)ccc2O1. The highest BCUT2D eigenvalue weighted by atomic mass is 32.3. The van der Waals surface area contributed by atoms with Gasteiger partial charge in [0.25, 0.3) is 17.4 Å². The fourth-order valence-electron chi connectivity index (χ4n) is 5.73. The van der Waals surface area contributed by atoms with Crippen molar-refractivity contribution in [3.8, 4) is 5.75 Å². The van der Waals surface area contributed by atoms with Crippen LogP contribution in [0.5, 0.6) is 5.75 Å². The number of hydrogen-bond donors (Lipinski definition) is 6. The lowest BCUT2D eigenvalue weighted by Gasteiger charge is -2.50. The van der Waals surface area contributed by atoms with Crippen molar-refractivity contribution in [2.45, 2.75) is 89.3 Å². The van der Waals surface area contributed by atoms with Crippen molar-refractivity contribution in [2.75, 3.05) is 5.73 Å². The number of amides is 2. The first-order valence-electron chi connectivity index (χ1n) is 15.1. The van der Waals surface area contributed by atoms with E-state index >= 15 is 0 Å². The van der Waals surface area contributed by atoms with Crippen LogP contribution in [0, 0.1) is 5.41 Å². The zero-order valence-corrected chi connectivity index (χ0v) is 28.9. The number of β-lactam (4-membered cyclic amide) rings is 1. The van der Waals surface area contributed by atoms with Crippen molar-refractivity contribution in [3.63, 3.8) is 0 Å². The molecule has 5 atom stereocenters. The Kier molecular flexibility index (Phi) is 9.17. The highest BCUT2D eigenvalue weighted by Crippen LogP contribution is 2.42. The minimum atomic E-state index is -5.03. The van der Waals surface area contributed by atoms with E-state index in [0.717, 1.165) is 23.3 Å². The van der Waals surface area contributed by atoms with Gasteiger partial charge in [-0.3, -0.25) is 19.1 Å². The van der Waals surface area contributed by atoms with Gasteiger partial charge in [0.2, 0.25) is 0 Å². The van der Waals surface area contributed by atoms with E-state index in [0.29, 0.717) is 28.6 Å². The van der Waals surface area contributed by atoms with Crippen LogP contribution in [-0.2, 0) is 40.3 Å². The molecule has 2 aromatic rings. The molecule has 1 unspecified atom stereocenters. The zero-order valence-electron chi connectivity index (χ0n) is 27.2. The fourth-order valence-corrected chi connectivity index (χ4v) is 6.73. The normalized spacial score (nSPS) is 25.9. The summed E-state index contributed by atoms with van der Waals surface area (Å²) in [5.41, 5.74) is 15.3. The number of anilines is 1. The number of fused-ring (bicyclic) bond motifs is 1. The summed E-state index contributed by atoms with van der Waals surface area (Å²) >= 11 is 0.963. The van der Waals surface area contributed by atoms with Gasteiger partial charge in [-0.1, -0.05) is 19.0 Å². The third-order valence-corrected chi connectivity index (χ3v) is 10.4. The number of nitrogens with zero attached hydrogens (tertiary/aromatic N) is 4. The number of rotatable bonds is 11. The molecule has 2 fully saturated rings. The Labute approximate surface area is 285 Å². The number of carboxylic acids is 1. The van der Waals surface area contributed by atoms with E-state index < -0.39 is 57.2 Å². The maximum absolute atomic E-state index is 13.5. The zero-order chi connectivity index (χ0) is 36.3. The molecule has 1 aliphatic carbocycles. The first-order chi connectivity index (χ1) is 22.6. The molecule has 0 bridgehead atoms. The van der Waals surface area contributed by atoms with Gasteiger partial charge in [0.05, 0.1) is 11.6 Å². The summed E-state index contributed by atoms with van der Waals surface area (Å²) < 4.78 is 41.7. The van der Waals surface area contributed by atoms with Crippen LogP contribution < -0.4 is 27.3 Å². The predicted octanol–water partition coefficient (Wildman–Crippen LogP) is 0.354. The lowest BCUT2D eigenvalue weighted by Crippen LogP contribution is -2.76. The quantitative estimate of drug-likeness (QED) is 0.0600. The standard InChI is InChI=1S/C29H38N8O10S2/c1-27(2)17(30)11-18(27)34-22(31)14-6-8-16-13(10-14)7-9-19(45-16)29(5,25(40)41)46-36-20(15-12-48-26(32)33-15)23(38)35-21-24(39)37(28(21,3)4)47-49(42,43)44/h6,8,10,12,17-19,21H,7,9,11,30H2,1-5H3,(H2,31,34)(H2,32,33)(H,35,38)(H,40,41)(H,42,43,44)/b36-20-/t17-,18-,19+,21+,29?/m0/s1. The summed E-state index contributed by atoms with van der Waals surface area (Å²) in [5, 5.41) is 18.4. The van der Waals surface area contributed by atoms with Crippen molar-refractivity contribution in [1.82, 2.24) is 15.4 Å². The van der Waals surface area contributed by atoms with Crippen LogP contribution in [0.1, 0.15) is 64.3 Å². The Morgan fingerprint density at radius 3 is 2.51 bits per heavy atom. The minimum absolute atomic E-state index is 0.00433. The maximum atomic E-state index is 13.5. The van der Waals surface area contributed by atoms with E-state index in [2.05, 4.69) is 24.7 Å². The Bertz CT molecular complexity index is 1860. The van der Waals surface area contributed by atoms with Crippen LogP contribution in [0.15, 0.2) is 33.7 Å². The van der Waals surface area contributed by atoms with E-state index in [1.807, 2.05) is 19.9 Å². The summed E-state index contributed by atoms with van der Waals surface area (Å²) in [7, 11) is -5.03. The van der Waals surface area contributed by atoms with E-state index in [4.69, 9.17) is 31.3 Å². The van der Waals surface area contributed by atoms with E-state index in [-0.39, 0.29) is 34.7 Å². The molecule has 266 valence electrons. The number of oxime groups is 1. The van der Waals surface area contributed by atoms with Crippen molar-refractivity contribution < 1.29 is 46.3 Å². The number of aryl methyl sites for hydroxylation is 1. The highest BCUT2D eigenvalue weighted by molar-refractivity contribution is 7.80. The van der Waals surface area contributed by atoms with Gasteiger partial charge in [-0.2, -0.15) is 13.5 Å². The number of nitrogen functional groups attached to an aromatic ring is 1. The second-order valence-electron chi connectivity index (χ2n) is 13.4. The summed E-state index contributed by atoms with van der Waals surface area (Å²) in [6.45, 7) is 8.07. The molecular weight excluding hydrogens is 684 g/mol. The van der Waals surface area contributed by atoms with Gasteiger partial charge in [0, 0.05) is 22.4 Å². The van der Waals surface area contributed by atoms with Crippen LogP contribution in [0.25, 0.3) is 0 Å².